The lowest BCUT2D eigenvalue weighted by atomic mass is 9.96. The lowest BCUT2D eigenvalue weighted by molar-refractivity contribution is 0.0691. The van der Waals surface area contributed by atoms with Gasteiger partial charge >= 0.3 is 0 Å². The molecule has 1 aromatic heterocycles. The van der Waals surface area contributed by atoms with Gasteiger partial charge in [-0.3, -0.25) is 9.59 Å². The minimum Gasteiger partial charge on any atom is -0.450 e. The third kappa shape index (κ3) is 2.74. The summed E-state index contributed by atoms with van der Waals surface area (Å²) < 4.78 is 5.96. The van der Waals surface area contributed by atoms with Crippen molar-refractivity contribution in [1.82, 2.24) is 4.90 Å². The van der Waals surface area contributed by atoms with Crippen molar-refractivity contribution in [3.63, 3.8) is 0 Å². The molecule has 1 N–H and O–H groups in total. The summed E-state index contributed by atoms with van der Waals surface area (Å²) in [4.78, 5) is 28.0. The van der Waals surface area contributed by atoms with Gasteiger partial charge in [-0.05, 0) is 48.6 Å². The maximum Gasteiger partial charge on any atom is 0.290 e. The molecule has 0 radical (unpaired) electrons. The number of aryl methyl sites for hydroxylation is 3. The zero-order valence-electron chi connectivity index (χ0n) is 16.3. The number of rotatable bonds is 4. The summed E-state index contributed by atoms with van der Waals surface area (Å²) in [7, 11) is 0. The number of hydrogen-bond acceptors (Lipinski definition) is 4. The van der Waals surface area contributed by atoms with Crippen LogP contribution in [0.25, 0.3) is 11.0 Å². The van der Waals surface area contributed by atoms with E-state index in [1.165, 1.54) is 10.5 Å². The Balaban J connectivity index is 2.00. The number of hydrogen-bond donors (Lipinski definition) is 1. The molecule has 1 atom stereocenters. The largest absolute Gasteiger partial charge is 0.450 e. The number of carbonyl (C=O) groups excluding carboxylic acids is 1. The van der Waals surface area contributed by atoms with Crippen molar-refractivity contribution < 1.29 is 14.3 Å². The smallest absolute Gasteiger partial charge is 0.290 e. The Bertz CT molecular complexity index is 1130. The average molecular weight is 377 g/mol. The molecule has 0 saturated heterocycles. The predicted octanol–water partition coefficient (Wildman–Crippen LogP) is 3.51. The van der Waals surface area contributed by atoms with E-state index in [4.69, 9.17) is 4.42 Å². The molecule has 1 aliphatic heterocycles. The highest BCUT2D eigenvalue weighted by atomic mass is 16.3. The molecule has 1 amide bonds. The van der Waals surface area contributed by atoms with E-state index in [2.05, 4.69) is 6.92 Å². The number of benzene rings is 2. The molecular weight excluding hydrogens is 354 g/mol. The molecule has 4 rings (SSSR count). The van der Waals surface area contributed by atoms with Gasteiger partial charge in [0, 0.05) is 6.54 Å². The molecule has 5 nitrogen and oxygen atoms in total. The molecule has 2 aromatic carbocycles. The van der Waals surface area contributed by atoms with Gasteiger partial charge in [-0.1, -0.05) is 37.3 Å². The maximum absolute atomic E-state index is 13.5. The van der Waals surface area contributed by atoms with Crippen LogP contribution in [0.3, 0.4) is 0 Å². The molecule has 0 saturated carbocycles. The number of aliphatic hydroxyl groups is 1. The van der Waals surface area contributed by atoms with E-state index >= 15 is 0 Å². The van der Waals surface area contributed by atoms with Crippen molar-refractivity contribution in [3.05, 3.63) is 80.2 Å². The third-order valence-corrected chi connectivity index (χ3v) is 5.46. The third-order valence-electron chi connectivity index (χ3n) is 5.46. The molecule has 0 bridgehead atoms. The van der Waals surface area contributed by atoms with Gasteiger partial charge in [0.15, 0.2) is 5.43 Å². The van der Waals surface area contributed by atoms with Crippen LogP contribution in [0.5, 0.6) is 0 Å². The predicted molar refractivity (Wildman–Crippen MR) is 108 cm³/mol. The summed E-state index contributed by atoms with van der Waals surface area (Å²) in [6, 6.07) is 11.1. The number of aliphatic hydroxyl groups excluding tert-OH is 1. The normalized spacial score (nSPS) is 16.1. The number of fused-ring (bicyclic) bond motifs is 2. The summed E-state index contributed by atoms with van der Waals surface area (Å²) in [5.41, 5.74) is 4.44. The van der Waals surface area contributed by atoms with Crippen LogP contribution in [-0.4, -0.2) is 29.1 Å². The number of carbonyl (C=O) groups is 1. The first-order chi connectivity index (χ1) is 13.5. The molecule has 144 valence electrons. The first kappa shape index (κ1) is 18.4. The lowest BCUT2D eigenvalue weighted by Crippen LogP contribution is -2.32. The van der Waals surface area contributed by atoms with Gasteiger partial charge in [0.2, 0.25) is 5.76 Å². The Labute approximate surface area is 163 Å². The van der Waals surface area contributed by atoms with E-state index in [-0.39, 0.29) is 30.2 Å². The van der Waals surface area contributed by atoms with Crippen LogP contribution in [0.1, 0.15) is 51.3 Å². The fourth-order valence-corrected chi connectivity index (χ4v) is 4.13. The molecule has 0 fully saturated rings. The van der Waals surface area contributed by atoms with Gasteiger partial charge in [0.25, 0.3) is 5.91 Å². The second kappa shape index (κ2) is 6.91. The highest BCUT2D eigenvalue weighted by Crippen LogP contribution is 2.38. The van der Waals surface area contributed by atoms with Crippen LogP contribution in [0.4, 0.5) is 0 Å². The minimum atomic E-state index is -0.554. The van der Waals surface area contributed by atoms with Gasteiger partial charge in [-0.2, -0.15) is 0 Å². The summed E-state index contributed by atoms with van der Waals surface area (Å²) in [5, 5.41) is 10.0. The Morgan fingerprint density at radius 3 is 2.46 bits per heavy atom. The Morgan fingerprint density at radius 2 is 1.82 bits per heavy atom. The van der Waals surface area contributed by atoms with Crippen LogP contribution < -0.4 is 5.43 Å². The summed E-state index contributed by atoms with van der Waals surface area (Å²) in [5.74, 6) is -0.271. The van der Waals surface area contributed by atoms with Gasteiger partial charge in [-0.25, -0.2) is 0 Å². The van der Waals surface area contributed by atoms with Crippen molar-refractivity contribution in [2.75, 3.05) is 13.2 Å². The Kier molecular flexibility index (Phi) is 4.55. The second-order valence-corrected chi connectivity index (χ2v) is 7.35. The molecule has 0 aliphatic carbocycles. The molecular formula is C23H23NO4. The molecule has 2 heterocycles. The van der Waals surface area contributed by atoms with Crippen LogP contribution in [0.2, 0.25) is 0 Å². The zero-order valence-corrected chi connectivity index (χ0v) is 16.3. The van der Waals surface area contributed by atoms with Crippen LogP contribution >= 0.6 is 0 Å². The first-order valence-corrected chi connectivity index (χ1v) is 9.54. The van der Waals surface area contributed by atoms with E-state index in [1.54, 1.807) is 6.07 Å². The standard InChI is InChI=1S/C23H23NO4/c1-4-15-5-7-16(8-6-15)20-19-21(26)18-14(3)11-13(2)12-17(18)28-22(19)23(27)24(20)9-10-25/h5-8,11-12,20,25H,4,9-10H2,1-3H3. The van der Waals surface area contributed by atoms with Crippen LogP contribution in [0.15, 0.2) is 45.6 Å². The first-order valence-electron chi connectivity index (χ1n) is 9.54. The van der Waals surface area contributed by atoms with Gasteiger partial charge in [0.05, 0.1) is 23.6 Å². The monoisotopic (exact) mass is 377 g/mol. The molecule has 3 aromatic rings. The number of nitrogens with zero attached hydrogens (tertiary/aromatic N) is 1. The zero-order chi connectivity index (χ0) is 20.0. The van der Waals surface area contributed by atoms with Crippen molar-refractivity contribution in [2.45, 2.75) is 33.2 Å². The molecule has 1 aliphatic rings. The molecule has 1 unspecified atom stereocenters. The van der Waals surface area contributed by atoms with E-state index in [9.17, 15) is 14.7 Å². The second-order valence-electron chi connectivity index (χ2n) is 7.35. The van der Waals surface area contributed by atoms with E-state index in [0.717, 1.165) is 23.1 Å². The van der Waals surface area contributed by atoms with Crippen LogP contribution in [0, 0.1) is 13.8 Å². The summed E-state index contributed by atoms with van der Waals surface area (Å²) in [6.45, 7) is 5.84. The topological polar surface area (TPSA) is 70.8 Å². The van der Waals surface area contributed by atoms with Crippen molar-refractivity contribution in [1.29, 1.82) is 0 Å². The number of amides is 1. The minimum absolute atomic E-state index is 0.0838. The quantitative estimate of drug-likeness (QED) is 0.755. The van der Waals surface area contributed by atoms with E-state index in [0.29, 0.717) is 16.5 Å². The van der Waals surface area contributed by atoms with Crippen molar-refractivity contribution >= 4 is 16.9 Å². The van der Waals surface area contributed by atoms with E-state index < -0.39 is 6.04 Å². The fraction of sp³-hybridized carbons (Fsp3) is 0.304. The SMILES string of the molecule is CCc1ccc(C2c3c(oc4cc(C)cc(C)c4c3=O)C(=O)N2CCO)cc1. The molecule has 5 heteroatoms. The molecule has 0 spiro atoms. The van der Waals surface area contributed by atoms with Crippen LogP contribution in [-0.2, 0) is 6.42 Å². The van der Waals surface area contributed by atoms with Crippen molar-refractivity contribution in [2.24, 2.45) is 0 Å². The van der Waals surface area contributed by atoms with Gasteiger partial charge < -0.3 is 14.4 Å². The highest BCUT2D eigenvalue weighted by Gasteiger charge is 2.42. The molecule has 28 heavy (non-hydrogen) atoms. The van der Waals surface area contributed by atoms with E-state index in [1.807, 2.05) is 44.2 Å². The van der Waals surface area contributed by atoms with Gasteiger partial charge in [0.1, 0.15) is 5.58 Å². The highest BCUT2D eigenvalue weighted by molar-refractivity contribution is 5.99. The van der Waals surface area contributed by atoms with Gasteiger partial charge in [-0.15, -0.1) is 0 Å². The number of β-amino-alcohol motifs (C(OH)–C–C–N with tert-alkyl or cyclic N) is 1. The fourth-order valence-electron chi connectivity index (χ4n) is 4.13. The summed E-state index contributed by atoms with van der Waals surface area (Å²) in [6.07, 6.45) is 0.909. The van der Waals surface area contributed by atoms with Crippen molar-refractivity contribution in [3.8, 4) is 0 Å². The maximum atomic E-state index is 13.5. The Hall–Kier alpha value is -2.92. The average Bonchev–Trinajstić information content (AvgIpc) is 2.94. The Morgan fingerprint density at radius 1 is 1.11 bits per heavy atom. The summed E-state index contributed by atoms with van der Waals surface area (Å²) >= 11 is 0. The lowest BCUT2D eigenvalue weighted by Gasteiger charge is -2.24.